The number of carboxylic acids is 1. The highest BCUT2D eigenvalue weighted by Gasteiger charge is 2.30. The number of aliphatic carboxylic acids is 1. The van der Waals surface area contributed by atoms with Crippen molar-refractivity contribution in [2.24, 2.45) is 11.8 Å². The zero-order valence-corrected chi connectivity index (χ0v) is 9.92. The largest absolute Gasteiger partial charge is 0.481 e. The van der Waals surface area contributed by atoms with Crippen LogP contribution in [0.25, 0.3) is 0 Å². The number of carbonyl (C=O) groups excluding carboxylic acids is 1. The zero-order chi connectivity index (χ0) is 12.8. The number of carbonyl (C=O) groups is 2. The van der Waals surface area contributed by atoms with E-state index in [-0.39, 0.29) is 0 Å². The lowest BCUT2D eigenvalue weighted by Crippen LogP contribution is -2.30. The van der Waals surface area contributed by atoms with Crippen molar-refractivity contribution in [2.45, 2.75) is 13.3 Å². The molecule has 0 aliphatic carbocycles. The first kappa shape index (κ1) is 13.2. The van der Waals surface area contributed by atoms with E-state index in [9.17, 15) is 9.59 Å². The van der Waals surface area contributed by atoms with Crippen LogP contribution in [0.5, 0.6) is 0 Å². The van der Waals surface area contributed by atoms with Crippen molar-refractivity contribution < 1.29 is 19.4 Å². The van der Waals surface area contributed by atoms with Crippen molar-refractivity contribution in [3.8, 4) is 0 Å². The van der Waals surface area contributed by atoms with Crippen LogP contribution in [0.1, 0.15) is 12.5 Å². The molecule has 1 N–H and O–H groups in total. The van der Waals surface area contributed by atoms with Crippen LogP contribution in [0.3, 0.4) is 0 Å². The average molecular weight is 236 g/mol. The van der Waals surface area contributed by atoms with Crippen LogP contribution in [-0.2, 0) is 20.7 Å². The first-order chi connectivity index (χ1) is 8.06. The molecule has 1 rings (SSSR count). The molecule has 1 aromatic rings. The van der Waals surface area contributed by atoms with E-state index in [1.165, 1.54) is 7.11 Å². The number of methoxy groups -OCH3 is 1. The van der Waals surface area contributed by atoms with Crippen molar-refractivity contribution >= 4 is 11.9 Å². The molecule has 0 heterocycles. The van der Waals surface area contributed by atoms with Gasteiger partial charge in [-0.25, -0.2) is 0 Å². The number of esters is 1. The molecule has 0 unspecified atom stereocenters. The lowest BCUT2D eigenvalue weighted by atomic mass is 9.88. The van der Waals surface area contributed by atoms with E-state index >= 15 is 0 Å². The standard InChI is InChI=1S/C13H16O4/c1-9(13(16)17-2)11(12(14)15)8-10-6-4-3-5-7-10/h3-7,9,11H,8H2,1-2H3,(H,14,15)/t9-,11+/m0/s1. The third-order valence-electron chi connectivity index (χ3n) is 2.79. The summed E-state index contributed by atoms with van der Waals surface area (Å²) < 4.78 is 4.58. The minimum atomic E-state index is -0.980. The van der Waals surface area contributed by atoms with E-state index in [4.69, 9.17) is 5.11 Å². The Morgan fingerprint density at radius 3 is 2.35 bits per heavy atom. The number of hydrogen-bond acceptors (Lipinski definition) is 3. The van der Waals surface area contributed by atoms with Gasteiger partial charge in [-0.3, -0.25) is 9.59 Å². The SMILES string of the molecule is COC(=O)[C@@H](C)[C@@H](Cc1ccccc1)C(=O)O. The molecule has 0 amide bonds. The fourth-order valence-corrected chi connectivity index (χ4v) is 1.70. The summed E-state index contributed by atoms with van der Waals surface area (Å²) in [5, 5.41) is 9.14. The van der Waals surface area contributed by atoms with E-state index < -0.39 is 23.8 Å². The van der Waals surface area contributed by atoms with Crippen LogP contribution in [0.4, 0.5) is 0 Å². The Balaban J connectivity index is 2.81. The molecule has 2 atom stereocenters. The highest BCUT2D eigenvalue weighted by molar-refractivity contribution is 5.80. The summed E-state index contributed by atoms with van der Waals surface area (Å²) in [6, 6.07) is 9.25. The number of carboxylic acid groups (broad SMARTS) is 1. The first-order valence-corrected chi connectivity index (χ1v) is 5.40. The molecular weight excluding hydrogens is 220 g/mol. The van der Waals surface area contributed by atoms with Crippen molar-refractivity contribution in [1.29, 1.82) is 0 Å². The van der Waals surface area contributed by atoms with Crippen molar-refractivity contribution in [3.63, 3.8) is 0 Å². The molecule has 4 nitrogen and oxygen atoms in total. The normalized spacial score (nSPS) is 13.8. The van der Waals surface area contributed by atoms with Crippen LogP contribution in [0.15, 0.2) is 30.3 Å². The molecule has 0 spiro atoms. The summed E-state index contributed by atoms with van der Waals surface area (Å²) in [5.74, 6) is -2.89. The minimum Gasteiger partial charge on any atom is -0.481 e. The second-order valence-corrected chi connectivity index (χ2v) is 3.95. The maximum atomic E-state index is 11.4. The Bertz CT molecular complexity index is 386. The van der Waals surface area contributed by atoms with Crippen LogP contribution in [0, 0.1) is 11.8 Å². The molecule has 92 valence electrons. The van der Waals surface area contributed by atoms with E-state index in [2.05, 4.69) is 4.74 Å². The lowest BCUT2D eigenvalue weighted by molar-refractivity contribution is -0.155. The van der Waals surface area contributed by atoms with Crippen LogP contribution in [0.2, 0.25) is 0 Å². The van der Waals surface area contributed by atoms with Gasteiger partial charge in [0.1, 0.15) is 0 Å². The number of rotatable bonds is 5. The second-order valence-electron chi connectivity index (χ2n) is 3.95. The van der Waals surface area contributed by atoms with Gasteiger partial charge >= 0.3 is 11.9 Å². The fourth-order valence-electron chi connectivity index (χ4n) is 1.70. The summed E-state index contributed by atoms with van der Waals surface area (Å²) in [5.41, 5.74) is 0.899. The Kier molecular flexibility index (Phi) is 4.69. The monoisotopic (exact) mass is 236 g/mol. The molecule has 0 aromatic heterocycles. The summed E-state index contributed by atoms with van der Waals surface area (Å²) in [6.07, 6.45) is 0.326. The summed E-state index contributed by atoms with van der Waals surface area (Å²) >= 11 is 0. The van der Waals surface area contributed by atoms with Crippen LogP contribution < -0.4 is 0 Å². The molecule has 0 bridgehead atoms. The van der Waals surface area contributed by atoms with Crippen molar-refractivity contribution in [1.82, 2.24) is 0 Å². The van der Waals surface area contributed by atoms with E-state index in [0.29, 0.717) is 6.42 Å². The molecule has 0 aliphatic heterocycles. The Morgan fingerprint density at radius 2 is 1.88 bits per heavy atom. The lowest BCUT2D eigenvalue weighted by Gasteiger charge is -2.18. The van der Waals surface area contributed by atoms with Gasteiger partial charge in [0.25, 0.3) is 0 Å². The Hall–Kier alpha value is -1.84. The number of ether oxygens (including phenoxy) is 1. The van der Waals surface area contributed by atoms with Gasteiger partial charge in [-0.05, 0) is 12.0 Å². The van der Waals surface area contributed by atoms with Gasteiger partial charge in [0.2, 0.25) is 0 Å². The highest BCUT2D eigenvalue weighted by atomic mass is 16.5. The molecular formula is C13H16O4. The quantitative estimate of drug-likeness (QED) is 0.791. The highest BCUT2D eigenvalue weighted by Crippen LogP contribution is 2.19. The van der Waals surface area contributed by atoms with Crippen LogP contribution in [-0.4, -0.2) is 24.2 Å². The smallest absolute Gasteiger partial charge is 0.309 e. The molecule has 0 saturated heterocycles. The van der Waals surface area contributed by atoms with Crippen LogP contribution >= 0.6 is 0 Å². The van der Waals surface area contributed by atoms with E-state index in [0.717, 1.165) is 5.56 Å². The maximum absolute atomic E-state index is 11.4. The molecule has 0 aliphatic rings. The Labute approximate surface area is 100 Å². The number of hydrogen-bond donors (Lipinski definition) is 1. The minimum absolute atomic E-state index is 0.326. The first-order valence-electron chi connectivity index (χ1n) is 5.40. The third kappa shape index (κ3) is 3.59. The van der Waals surface area contributed by atoms with E-state index in [1.807, 2.05) is 30.3 Å². The van der Waals surface area contributed by atoms with Gasteiger partial charge in [-0.2, -0.15) is 0 Å². The summed E-state index contributed by atoms with van der Waals surface area (Å²) in [6.45, 7) is 1.58. The maximum Gasteiger partial charge on any atom is 0.309 e. The molecule has 0 radical (unpaired) electrons. The summed E-state index contributed by atoms with van der Waals surface area (Å²) in [4.78, 5) is 22.5. The molecule has 0 fully saturated rings. The predicted octanol–water partition coefficient (Wildman–Crippen LogP) is 1.74. The van der Waals surface area contributed by atoms with Gasteiger partial charge in [0.15, 0.2) is 0 Å². The predicted molar refractivity (Wildman–Crippen MR) is 62.5 cm³/mol. The number of benzene rings is 1. The third-order valence-corrected chi connectivity index (χ3v) is 2.79. The van der Waals surface area contributed by atoms with E-state index in [1.54, 1.807) is 6.92 Å². The van der Waals surface area contributed by atoms with Crippen molar-refractivity contribution in [2.75, 3.05) is 7.11 Å². The molecule has 0 saturated carbocycles. The van der Waals surface area contributed by atoms with Gasteiger partial charge in [-0.15, -0.1) is 0 Å². The van der Waals surface area contributed by atoms with Crippen molar-refractivity contribution in [3.05, 3.63) is 35.9 Å². The van der Waals surface area contributed by atoms with Gasteiger partial charge in [0.05, 0.1) is 18.9 Å². The fraction of sp³-hybridized carbons (Fsp3) is 0.385. The average Bonchev–Trinajstić information content (AvgIpc) is 2.35. The Morgan fingerprint density at radius 1 is 1.29 bits per heavy atom. The molecule has 4 heteroatoms. The van der Waals surface area contributed by atoms with Gasteiger partial charge in [-0.1, -0.05) is 37.3 Å². The summed E-state index contributed by atoms with van der Waals surface area (Å²) in [7, 11) is 1.26. The second kappa shape index (κ2) is 6.03. The molecule has 17 heavy (non-hydrogen) atoms. The molecule has 1 aromatic carbocycles. The topological polar surface area (TPSA) is 63.6 Å². The van der Waals surface area contributed by atoms with Gasteiger partial charge in [0, 0.05) is 0 Å². The zero-order valence-electron chi connectivity index (χ0n) is 9.92. The van der Waals surface area contributed by atoms with Gasteiger partial charge < -0.3 is 9.84 Å².